The van der Waals surface area contributed by atoms with E-state index in [4.69, 9.17) is 14.2 Å². The topological polar surface area (TPSA) is 69.2 Å². The van der Waals surface area contributed by atoms with Gasteiger partial charge in [-0.25, -0.2) is 5.43 Å². The maximum absolute atomic E-state index is 12.0. The zero-order chi connectivity index (χ0) is 21.2. The summed E-state index contributed by atoms with van der Waals surface area (Å²) in [4.78, 5) is 12.0. The molecular formula is C23H30N2O4. The standard InChI is InChI=1S/C23H30N2O4/c1-16(2)29-21-12-9-18(14-22(21)28-5)15-24-25-23(26)8-6-7-19-10-11-20(27-4)13-17(19)3/h9-16H,6-8H2,1-5H3,(H,25,26)/b24-15-. The van der Waals surface area contributed by atoms with E-state index in [1.165, 1.54) is 11.1 Å². The zero-order valence-electron chi connectivity index (χ0n) is 17.8. The van der Waals surface area contributed by atoms with Crippen LogP contribution in [-0.4, -0.2) is 32.4 Å². The number of hydrogen-bond acceptors (Lipinski definition) is 5. The van der Waals surface area contributed by atoms with Gasteiger partial charge in [-0.3, -0.25) is 4.79 Å². The maximum Gasteiger partial charge on any atom is 0.240 e. The van der Waals surface area contributed by atoms with E-state index >= 15 is 0 Å². The van der Waals surface area contributed by atoms with Gasteiger partial charge in [0.2, 0.25) is 5.91 Å². The molecule has 0 fully saturated rings. The van der Waals surface area contributed by atoms with Crippen molar-refractivity contribution in [2.45, 2.75) is 46.1 Å². The van der Waals surface area contributed by atoms with Gasteiger partial charge in [0, 0.05) is 6.42 Å². The van der Waals surface area contributed by atoms with Crippen LogP contribution in [0.5, 0.6) is 17.2 Å². The lowest BCUT2D eigenvalue weighted by atomic mass is 10.0. The Balaban J connectivity index is 1.82. The minimum Gasteiger partial charge on any atom is -0.497 e. The Hall–Kier alpha value is -3.02. The number of methoxy groups -OCH3 is 2. The van der Waals surface area contributed by atoms with Gasteiger partial charge in [-0.15, -0.1) is 0 Å². The summed E-state index contributed by atoms with van der Waals surface area (Å²) in [6.45, 7) is 5.97. The van der Waals surface area contributed by atoms with E-state index in [0.29, 0.717) is 17.9 Å². The molecule has 6 heteroatoms. The lowest BCUT2D eigenvalue weighted by Gasteiger charge is -2.13. The number of amides is 1. The number of hydrazone groups is 1. The second-order valence-electron chi connectivity index (χ2n) is 7.02. The molecule has 0 heterocycles. The van der Waals surface area contributed by atoms with E-state index < -0.39 is 0 Å². The van der Waals surface area contributed by atoms with Crippen LogP contribution < -0.4 is 19.6 Å². The molecule has 0 aliphatic heterocycles. The van der Waals surface area contributed by atoms with E-state index in [1.54, 1.807) is 20.4 Å². The Labute approximate surface area is 172 Å². The summed E-state index contributed by atoms with van der Waals surface area (Å²) in [5, 5.41) is 4.04. The van der Waals surface area contributed by atoms with Crippen molar-refractivity contribution in [3.8, 4) is 17.2 Å². The fraction of sp³-hybridized carbons (Fsp3) is 0.391. The number of benzene rings is 2. The van der Waals surface area contributed by atoms with E-state index in [1.807, 2.05) is 57.2 Å². The highest BCUT2D eigenvalue weighted by atomic mass is 16.5. The van der Waals surface area contributed by atoms with Gasteiger partial charge < -0.3 is 14.2 Å². The van der Waals surface area contributed by atoms with Crippen LogP contribution in [0.4, 0.5) is 0 Å². The third kappa shape index (κ3) is 7.14. The van der Waals surface area contributed by atoms with Gasteiger partial charge in [-0.2, -0.15) is 5.10 Å². The van der Waals surface area contributed by atoms with Gasteiger partial charge >= 0.3 is 0 Å². The number of carbonyl (C=O) groups excluding carboxylic acids is 1. The lowest BCUT2D eigenvalue weighted by molar-refractivity contribution is -0.121. The number of hydrogen-bond donors (Lipinski definition) is 1. The summed E-state index contributed by atoms with van der Waals surface area (Å²) in [5.41, 5.74) is 5.77. The van der Waals surface area contributed by atoms with Crippen LogP contribution in [0.25, 0.3) is 0 Å². The van der Waals surface area contributed by atoms with Crippen molar-refractivity contribution in [2.75, 3.05) is 14.2 Å². The molecule has 0 bridgehead atoms. The van der Waals surface area contributed by atoms with Crippen molar-refractivity contribution in [3.63, 3.8) is 0 Å². The molecule has 156 valence electrons. The van der Waals surface area contributed by atoms with E-state index in [0.717, 1.165) is 24.2 Å². The van der Waals surface area contributed by atoms with Crippen LogP contribution in [0.1, 0.15) is 43.4 Å². The van der Waals surface area contributed by atoms with Gasteiger partial charge in [0.15, 0.2) is 11.5 Å². The Morgan fingerprint density at radius 3 is 2.55 bits per heavy atom. The van der Waals surface area contributed by atoms with Crippen molar-refractivity contribution in [2.24, 2.45) is 5.10 Å². The number of ether oxygens (including phenoxy) is 3. The van der Waals surface area contributed by atoms with Crippen LogP contribution in [0.3, 0.4) is 0 Å². The van der Waals surface area contributed by atoms with E-state index in [9.17, 15) is 4.79 Å². The molecule has 2 aromatic rings. The predicted molar refractivity (Wildman–Crippen MR) is 115 cm³/mol. The first-order valence-electron chi connectivity index (χ1n) is 9.73. The van der Waals surface area contributed by atoms with Crippen LogP contribution in [0.2, 0.25) is 0 Å². The molecule has 1 amide bonds. The molecular weight excluding hydrogens is 368 g/mol. The van der Waals surface area contributed by atoms with Crippen LogP contribution >= 0.6 is 0 Å². The highest BCUT2D eigenvalue weighted by Crippen LogP contribution is 2.28. The van der Waals surface area contributed by atoms with Gasteiger partial charge in [0.25, 0.3) is 0 Å². The molecule has 0 spiro atoms. The maximum atomic E-state index is 12.0. The highest BCUT2D eigenvalue weighted by molar-refractivity contribution is 5.83. The van der Waals surface area contributed by atoms with E-state index in [-0.39, 0.29) is 12.0 Å². The Morgan fingerprint density at radius 2 is 1.90 bits per heavy atom. The van der Waals surface area contributed by atoms with Gasteiger partial charge in [0.05, 0.1) is 26.5 Å². The average molecular weight is 399 g/mol. The van der Waals surface area contributed by atoms with Gasteiger partial charge in [-0.1, -0.05) is 6.07 Å². The molecule has 1 N–H and O–H groups in total. The second-order valence-corrected chi connectivity index (χ2v) is 7.02. The molecule has 0 aliphatic rings. The van der Waals surface area contributed by atoms with Gasteiger partial charge in [0.1, 0.15) is 5.75 Å². The van der Waals surface area contributed by atoms with E-state index in [2.05, 4.69) is 10.5 Å². The third-order valence-electron chi connectivity index (χ3n) is 4.35. The average Bonchev–Trinajstić information content (AvgIpc) is 2.69. The summed E-state index contributed by atoms with van der Waals surface area (Å²) in [6.07, 6.45) is 3.65. The minimum atomic E-state index is -0.112. The van der Waals surface area contributed by atoms with Gasteiger partial charge in [-0.05, 0) is 80.6 Å². The highest BCUT2D eigenvalue weighted by Gasteiger charge is 2.07. The summed E-state index contributed by atoms with van der Waals surface area (Å²) in [6, 6.07) is 11.5. The Kier molecular flexibility index (Phi) is 8.52. The molecule has 0 saturated heterocycles. The molecule has 0 saturated carbocycles. The van der Waals surface area contributed by atoms with Crippen molar-refractivity contribution in [1.29, 1.82) is 0 Å². The summed E-state index contributed by atoms with van der Waals surface area (Å²) >= 11 is 0. The largest absolute Gasteiger partial charge is 0.497 e. The molecule has 2 aromatic carbocycles. The quantitative estimate of drug-likeness (QED) is 0.479. The number of rotatable bonds is 10. The monoisotopic (exact) mass is 398 g/mol. The molecule has 6 nitrogen and oxygen atoms in total. The second kappa shape index (κ2) is 11.1. The first-order chi connectivity index (χ1) is 13.9. The number of aryl methyl sites for hydroxylation is 2. The van der Waals surface area contributed by atoms with Crippen LogP contribution in [0.15, 0.2) is 41.5 Å². The molecule has 0 atom stereocenters. The molecule has 0 aliphatic carbocycles. The fourth-order valence-corrected chi connectivity index (χ4v) is 2.87. The SMILES string of the molecule is COc1ccc(CCCC(=O)N/N=C\c2ccc(OC(C)C)c(OC)c2)c(C)c1. The van der Waals surface area contributed by atoms with Crippen LogP contribution in [0, 0.1) is 6.92 Å². The lowest BCUT2D eigenvalue weighted by Crippen LogP contribution is -2.17. The number of nitrogens with one attached hydrogen (secondary N) is 1. The van der Waals surface area contributed by atoms with Crippen molar-refractivity contribution in [1.82, 2.24) is 5.43 Å². The predicted octanol–water partition coefficient (Wildman–Crippen LogP) is 4.27. The fourth-order valence-electron chi connectivity index (χ4n) is 2.87. The third-order valence-corrected chi connectivity index (χ3v) is 4.35. The zero-order valence-corrected chi connectivity index (χ0v) is 17.8. The van der Waals surface area contributed by atoms with Crippen molar-refractivity contribution >= 4 is 12.1 Å². The minimum absolute atomic E-state index is 0.0596. The number of nitrogens with zero attached hydrogens (tertiary/aromatic N) is 1. The first kappa shape index (κ1) is 22.3. The van der Waals surface area contributed by atoms with Crippen molar-refractivity contribution in [3.05, 3.63) is 53.1 Å². The smallest absolute Gasteiger partial charge is 0.240 e. The van der Waals surface area contributed by atoms with Crippen LogP contribution in [-0.2, 0) is 11.2 Å². The van der Waals surface area contributed by atoms with Crippen molar-refractivity contribution < 1.29 is 19.0 Å². The normalized spacial score (nSPS) is 11.0. The molecule has 0 aromatic heterocycles. The summed E-state index contributed by atoms with van der Waals surface area (Å²) in [5.74, 6) is 2.04. The number of carbonyl (C=O) groups is 1. The first-order valence-corrected chi connectivity index (χ1v) is 9.73. The summed E-state index contributed by atoms with van der Waals surface area (Å²) in [7, 11) is 3.25. The Bertz CT molecular complexity index is 847. The molecule has 0 unspecified atom stereocenters. The summed E-state index contributed by atoms with van der Waals surface area (Å²) < 4.78 is 16.3. The molecule has 2 rings (SSSR count). The molecule has 0 radical (unpaired) electrons. The Morgan fingerprint density at radius 1 is 1.10 bits per heavy atom. The molecule has 29 heavy (non-hydrogen) atoms.